The lowest BCUT2D eigenvalue weighted by Gasteiger charge is -2.44. The van der Waals surface area contributed by atoms with Crippen molar-refractivity contribution in [1.29, 1.82) is 0 Å². The van der Waals surface area contributed by atoms with Crippen LogP contribution < -0.4 is 9.80 Å². The number of phenols is 1. The van der Waals surface area contributed by atoms with Crippen LogP contribution in [0.2, 0.25) is 5.02 Å². The van der Waals surface area contributed by atoms with Crippen LogP contribution in [-0.2, 0) is 19.2 Å². The van der Waals surface area contributed by atoms with Crippen LogP contribution in [0.4, 0.5) is 11.4 Å². The number of phenolic OH excluding ortho intramolecular Hbond substituents is 1. The Balaban J connectivity index is 1.05. The number of benzene rings is 5. The van der Waals surface area contributed by atoms with Crippen LogP contribution in [0.25, 0.3) is 0 Å². The second-order valence-electron chi connectivity index (χ2n) is 14.7. The van der Waals surface area contributed by atoms with Gasteiger partial charge >= 0.3 is 0 Å². The first kappa shape index (κ1) is 35.3. The number of rotatable bonds is 7. The number of nitrogens with zero attached hydrogens (tertiary/aromatic N) is 2. The first-order valence-electron chi connectivity index (χ1n) is 18.5. The number of allylic oxidation sites excluding steroid dienone is 2. The summed E-state index contributed by atoms with van der Waals surface area (Å²) in [6.07, 6.45) is 2.33. The summed E-state index contributed by atoms with van der Waals surface area (Å²) in [7, 11) is 0. The van der Waals surface area contributed by atoms with E-state index in [2.05, 4.69) is 0 Å². The molecule has 0 unspecified atom stereocenters. The molecule has 4 aliphatic rings. The second kappa shape index (κ2) is 13.7. The number of aromatic hydroxyl groups is 1. The van der Waals surface area contributed by atoms with Crippen LogP contribution in [0, 0.1) is 29.6 Å². The van der Waals surface area contributed by atoms with Gasteiger partial charge in [0.15, 0.2) is 11.6 Å². The molecule has 0 radical (unpaired) electrons. The SMILES string of the molecule is O=C(c1ccccc1)c1ccc(N2C(=O)[C@H]3[C@H](CC=C4[C@H]3C[C@H]3C(=O)N(c5ccc(C(=O)c6ccccc6)cc5)C(=O)[C@H]3[C@H]4c3ccc(O)cc3Cl)C2=O)cc1. The van der Waals surface area contributed by atoms with Gasteiger partial charge in [0.05, 0.1) is 35.0 Å². The van der Waals surface area contributed by atoms with Crippen LogP contribution in [0.15, 0.2) is 139 Å². The smallest absolute Gasteiger partial charge is 0.238 e. The Hall–Kier alpha value is -6.45. The van der Waals surface area contributed by atoms with Gasteiger partial charge in [0.25, 0.3) is 0 Å². The normalized spacial score (nSPS) is 24.1. The average molecular weight is 761 g/mol. The molecule has 1 N–H and O–H groups in total. The third kappa shape index (κ3) is 5.61. The fourth-order valence-corrected chi connectivity index (χ4v) is 9.54. The largest absolute Gasteiger partial charge is 0.508 e. The molecular weight excluding hydrogens is 728 g/mol. The van der Waals surface area contributed by atoms with Crippen LogP contribution >= 0.6 is 11.6 Å². The van der Waals surface area contributed by atoms with Crippen LogP contribution in [-0.4, -0.2) is 40.3 Å². The first-order valence-corrected chi connectivity index (χ1v) is 18.8. The van der Waals surface area contributed by atoms with Crippen molar-refractivity contribution in [3.05, 3.63) is 172 Å². The van der Waals surface area contributed by atoms with Crippen molar-refractivity contribution in [1.82, 2.24) is 0 Å². The summed E-state index contributed by atoms with van der Waals surface area (Å²) in [5, 5.41) is 10.5. The van der Waals surface area contributed by atoms with E-state index in [0.29, 0.717) is 39.2 Å². The number of hydrogen-bond donors (Lipinski definition) is 1. The number of carbonyl (C=O) groups is 6. The highest BCUT2D eigenvalue weighted by molar-refractivity contribution is 6.32. The van der Waals surface area contributed by atoms with Gasteiger partial charge in [-0.05, 0) is 85.0 Å². The van der Waals surface area contributed by atoms with Crippen molar-refractivity contribution >= 4 is 58.2 Å². The first-order chi connectivity index (χ1) is 27.1. The van der Waals surface area contributed by atoms with Gasteiger partial charge in [-0.2, -0.15) is 0 Å². The number of carbonyl (C=O) groups excluding carboxylic acids is 6. The molecule has 5 aromatic rings. The number of hydrogen-bond acceptors (Lipinski definition) is 7. The predicted octanol–water partition coefficient (Wildman–Crippen LogP) is 7.55. The molecule has 2 saturated heterocycles. The quantitative estimate of drug-likeness (QED) is 0.103. The summed E-state index contributed by atoms with van der Waals surface area (Å²) in [5.41, 5.74) is 3.81. The number of halogens is 1. The molecule has 2 aliphatic carbocycles. The molecule has 276 valence electrons. The van der Waals surface area contributed by atoms with Crippen molar-refractivity contribution in [3.8, 4) is 5.75 Å². The van der Waals surface area contributed by atoms with Gasteiger partial charge in [0.1, 0.15) is 5.75 Å². The zero-order valence-electron chi connectivity index (χ0n) is 29.7. The summed E-state index contributed by atoms with van der Waals surface area (Å²) in [5.74, 6) is -6.55. The molecule has 0 spiro atoms. The predicted molar refractivity (Wildman–Crippen MR) is 208 cm³/mol. The van der Waals surface area contributed by atoms with Crippen molar-refractivity contribution < 1.29 is 33.9 Å². The van der Waals surface area contributed by atoms with Crippen molar-refractivity contribution in [2.45, 2.75) is 18.8 Å². The summed E-state index contributed by atoms with van der Waals surface area (Å²) in [6, 6.07) is 34.9. The van der Waals surface area contributed by atoms with Gasteiger partial charge in [0.2, 0.25) is 23.6 Å². The molecule has 10 heteroatoms. The molecule has 0 aromatic heterocycles. The number of fused-ring (bicyclic) bond motifs is 4. The number of ketones is 2. The molecule has 6 atom stereocenters. The maximum atomic E-state index is 14.5. The Bertz CT molecular complexity index is 2500. The Morgan fingerprint density at radius 3 is 1.55 bits per heavy atom. The molecule has 0 bridgehead atoms. The minimum atomic E-state index is -0.868. The molecule has 3 fully saturated rings. The molecule has 56 heavy (non-hydrogen) atoms. The van der Waals surface area contributed by atoms with E-state index >= 15 is 0 Å². The summed E-state index contributed by atoms with van der Waals surface area (Å²) >= 11 is 6.78. The van der Waals surface area contributed by atoms with Gasteiger partial charge in [0, 0.05) is 33.2 Å². The highest BCUT2D eigenvalue weighted by atomic mass is 35.5. The average Bonchev–Trinajstić information content (AvgIpc) is 3.63. The zero-order valence-corrected chi connectivity index (χ0v) is 30.5. The number of amides is 4. The van der Waals surface area contributed by atoms with E-state index in [1.807, 2.05) is 18.2 Å². The molecule has 2 aliphatic heterocycles. The highest BCUT2D eigenvalue weighted by Gasteiger charge is 2.62. The van der Waals surface area contributed by atoms with Crippen LogP contribution in [0.5, 0.6) is 5.75 Å². The maximum absolute atomic E-state index is 14.5. The van der Waals surface area contributed by atoms with E-state index in [9.17, 15) is 33.9 Å². The minimum Gasteiger partial charge on any atom is -0.508 e. The third-order valence-corrected chi connectivity index (χ3v) is 12.1. The zero-order chi connectivity index (χ0) is 38.8. The van der Waals surface area contributed by atoms with Crippen LogP contribution in [0.1, 0.15) is 56.2 Å². The molecular formula is C46H33ClN2O7. The molecule has 9 nitrogen and oxygen atoms in total. The van der Waals surface area contributed by atoms with E-state index in [-0.39, 0.29) is 41.1 Å². The van der Waals surface area contributed by atoms with Crippen molar-refractivity contribution in [3.63, 3.8) is 0 Å². The fraction of sp³-hybridized carbons (Fsp3) is 0.174. The topological polar surface area (TPSA) is 129 Å². The second-order valence-corrected chi connectivity index (χ2v) is 15.1. The van der Waals surface area contributed by atoms with E-state index in [0.717, 1.165) is 10.5 Å². The third-order valence-electron chi connectivity index (χ3n) is 11.8. The Labute approximate surface area is 326 Å². The lowest BCUT2D eigenvalue weighted by Crippen LogP contribution is -2.43. The lowest BCUT2D eigenvalue weighted by molar-refractivity contribution is -0.126. The van der Waals surface area contributed by atoms with E-state index in [4.69, 9.17) is 11.6 Å². The monoisotopic (exact) mass is 760 g/mol. The van der Waals surface area contributed by atoms with E-state index in [1.165, 1.54) is 17.0 Å². The standard InChI is InChI=1S/C46H33ClN2O7/c47-37-23-31(50)19-20-33(37)38-32-21-22-34-39(45(55)48(43(34)53)29-15-11-27(12-16-29)41(51)25-7-3-1-4-8-25)35(32)24-36-40(38)46(56)49(44(36)54)30-17-13-28(14-18-30)42(52)26-9-5-2-6-10-26/h1-21,23,34-36,38-40,50H,22,24H2/t34-,35+,36+,38+,39-,40+/m0/s1. The minimum absolute atomic E-state index is 0.0652. The summed E-state index contributed by atoms with van der Waals surface area (Å²) in [6.45, 7) is 0. The highest BCUT2D eigenvalue weighted by Crippen LogP contribution is 2.59. The molecule has 4 amide bonds. The van der Waals surface area contributed by atoms with Gasteiger partial charge in [-0.15, -0.1) is 0 Å². The summed E-state index contributed by atoms with van der Waals surface area (Å²) in [4.78, 5) is 86.0. The Kier molecular flexibility index (Phi) is 8.62. The molecule has 9 rings (SSSR count). The molecule has 1 saturated carbocycles. The van der Waals surface area contributed by atoms with E-state index < -0.39 is 53.2 Å². The fourth-order valence-electron chi connectivity index (χ4n) is 9.25. The number of anilines is 2. The van der Waals surface area contributed by atoms with Gasteiger partial charge in [-0.25, -0.2) is 0 Å². The van der Waals surface area contributed by atoms with Crippen LogP contribution in [0.3, 0.4) is 0 Å². The number of imide groups is 2. The Morgan fingerprint density at radius 2 is 1.04 bits per heavy atom. The molecule has 2 heterocycles. The molecule has 5 aromatic carbocycles. The maximum Gasteiger partial charge on any atom is 0.238 e. The van der Waals surface area contributed by atoms with Crippen molar-refractivity contribution in [2.75, 3.05) is 9.80 Å². The van der Waals surface area contributed by atoms with Gasteiger partial charge in [-0.1, -0.05) is 90.0 Å². The Morgan fingerprint density at radius 1 is 0.554 bits per heavy atom. The van der Waals surface area contributed by atoms with E-state index in [1.54, 1.807) is 103 Å². The van der Waals surface area contributed by atoms with Crippen molar-refractivity contribution in [2.24, 2.45) is 29.6 Å². The van der Waals surface area contributed by atoms with Gasteiger partial charge < -0.3 is 5.11 Å². The summed E-state index contributed by atoms with van der Waals surface area (Å²) < 4.78 is 0. The van der Waals surface area contributed by atoms with Gasteiger partial charge in [-0.3, -0.25) is 38.6 Å². The lowest BCUT2D eigenvalue weighted by atomic mass is 9.57.